The lowest BCUT2D eigenvalue weighted by Gasteiger charge is -2.26. The molecular weight excluding hydrogens is 280 g/mol. The van der Waals surface area contributed by atoms with Crippen molar-refractivity contribution >= 4 is 33.2 Å². The molecule has 0 atom stereocenters. The Hall–Kier alpha value is -0.430. The van der Waals surface area contributed by atoms with Gasteiger partial charge >= 0.3 is 0 Å². The van der Waals surface area contributed by atoms with Crippen molar-refractivity contribution in [3.8, 4) is 0 Å². The summed E-state index contributed by atoms with van der Waals surface area (Å²) in [5.41, 5.74) is 3.54. The molecule has 1 aromatic heterocycles. The maximum atomic E-state index is 11.7. The van der Waals surface area contributed by atoms with Gasteiger partial charge < -0.3 is 4.74 Å². The Balaban J connectivity index is 1.91. The van der Waals surface area contributed by atoms with Gasteiger partial charge in [0, 0.05) is 18.5 Å². The molecule has 0 bridgehead atoms. The van der Waals surface area contributed by atoms with E-state index in [1.807, 2.05) is 16.5 Å². The summed E-state index contributed by atoms with van der Waals surface area (Å²) in [5.74, 6) is -0.0566. The van der Waals surface area contributed by atoms with Crippen LogP contribution in [0.1, 0.15) is 10.4 Å². The molecule has 1 amide bonds. The van der Waals surface area contributed by atoms with Crippen LogP contribution in [0.3, 0.4) is 0 Å². The lowest BCUT2D eigenvalue weighted by molar-refractivity contribution is 0.0126. The fourth-order valence-electron chi connectivity index (χ4n) is 1.31. The normalized spacial score (nSPS) is 17.7. The van der Waals surface area contributed by atoms with Crippen LogP contribution in [0.25, 0.3) is 0 Å². The molecule has 1 aliphatic heterocycles. The van der Waals surface area contributed by atoms with Crippen molar-refractivity contribution in [1.29, 1.82) is 0 Å². The second-order valence-corrected chi connectivity index (χ2v) is 5.47. The van der Waals surface area contributed by atoms with Gasteiger partial charge in [-0.25, -0.2) is 5.01 Å². The topological polar surface area (TPSA) is 41.6 Å². The minimum atomic E-state index is -0.0566. The van der Waals surface area contributed by atoms with Crippen molar-refractivity contribution in [3.63, 3.8) is 0 Å². The highest BCUT2D eigenvalue weighted by Gasteiger charge is 2.14. The van der Waals surface area contributed by atoms with Crippen molar-refractivity contribution in [1.82, 2.24) is 10.4 Å². The Morgan fingerprint density at radius 1 is 1.53 bits per heavy atom. The molecule has 0 aliphatic carbocycles. The van der Waals surface area contributed by atoms with Gasteiger partial charge in [0.05, 0.1) is 22.6 Å². The number of hydrogen-bond donors (Lipinski definition) is 1. The molecule has 1 saturated heterocycles. The first-order valence-electron chi connectivity index (χ1n) is 4.63. The molecule has 0 aromatic carbocycles. The van der Waals surface area contributed by atoms with Crippen molar-refractivity contribution in [2.45, 2.75) is 0 Å². The first-order chi connectivity index (χ1) is 7.25. The molecule has 6 heteroatoms. The van der Waals surface area contributed by atoms with Crippen LogP contribution in [0.4, 0.5) is 0 Å². The van der Waals surface area contributed by atoms with Gasteiger partial charge in [0.1, 0.15) is 0 Å². The van der Waals surface area contributed by atoms with E-state index in [0.29, 0.717) is 18.8 Å². The number of ether oxygens (including phenoxy) is 1. The van der Waals surface area contributed by atoms with Crippen molar-refractivity contribution in [2.75, 3.05) is 26.3 Å². The van der Waals surface area contributed by atoms with Crippen LogP contribution in [0.5, 0.6) is 0 Å². The van der Waals surface area contributed by atoms with Crippen molar-refractivity contribution in [2.24, 2.45) is 0 Å². The zero-order chi connectivity index (χ0) is 10.7. The number of hydrogen-bond acceptors (Lipinski definition) is 4. The molecular formula is C9H11BrN2O2S. The van der Waals surface area contributed by atoms with Gasteiger partial charge in [0.15, 0.2) is 0 Å². The smallest absolute Gasteiger partial charge is 0.266 e. The van der Waals surface area contributed by atoms with Crippen LogP contribution in [-0.2, 0) is 4.74 Å². The van der Waals surface area contributed by atoms with E-state index in [9.17, 15) is 4.79 Å². The second-order valence-electron chi connectivity index (χ2n) is 3.18. The van der Waals surface area contributed by atoms with Crippen LogP contribution in [0.15, 0.2) is 15.2 Å². The number of rotatable bonds is 2. The van der Waals surface area contributed by atoms with Crippen molar-refractivity contribution < 1.29 is 9.53 Å². The summed E-state index contributed by atoms with van der Waals surface area (Å²) < 4.78 is 6.16. The summed E-state index contributed by atoms with van der Waals surface area (Å²) >= 11 is 4.84. The summed E-state index contributed by atoms with van der Waals surface area (Å²) in [6.45, 7) is 2.84. The van der Waals surface area contributed by atoms with Crippen molar-refractivity contribution in [3.05, 3.63) is 20.8 Å². The summed E-state index contributed by atoms with van der Waals surface area (Å²) in [6.07, 6.45) is 0. The molecule has 15 heavy (non-hydrogen) atoms. The molecule has 0 saturated carbocycles. The van der Waals surface area contributed by atoms with Gasteiger partial charge in [0.25, 0.3) is 5.91 Å². The van der Waals surface area contributed by atoms with Gasteiger partial charge in [-0.2, -0.15) is 0 Å². The molecule has 1 aliphatic rings. The number of nitrogens with one attached hydrogen (secondary N) is 1. The number of carbonyl (C=O) groups is 1. The number of thiophene rings is 1. The second kappa shape index (κ2) is 5.07. The van der Waals surface area contributed by atoms with Gasteiger partial charge in [-0.1, -0.05) is 0 Å². The summed E-state index contributed by atoms with van der Waals surface area (Å²) in [5, 5.41) is 3.72. The fraction of sp³-hybridized carbons (Fsp3) is 0.444. The van der Waals surface area contributed by atoms with Gasteiger partial charge in [0.2, 0.25) is 0 Å². The van der Waals surface area contributed by atoms with E-state index in [1.165, 1.54) is 11.3 Å². The highest BCUT2D eigenvalue weighted by molar-refractivity contribution is 9.11. The molecule has 2 heterocycles. The fourth-order valence-corrected chi connectivity index (χ4v) is 2.45. The first kappa shape index (κ1) is 11.1. The Morgan fingerprint density at radius 3 is 2.87 bits per heavy atom. The number of amides is 1. The molecule has 2 rings (SSSR count). The highest BCUT2D eigenvalue weighted by atomic mass is 79.9. The number of hydrazine groups is 1. The largest absolute Gasteiger partial charge is 0.379 e. The third-order valence-electron chi connectivity index (χ3n) is 2.10. The van der Waals surface area contributed by atoms with Crippen LogP contribution < -0.4 is 5.43 Å². The predicted octanol–water partition coefficient (Wildman–Crippen LogP) is 1.49. The van der Waals surface area contributed by atoms with E-state index in [1.54, 1.807) is 0 Å². The summed E-state index contributed by atoms with van der Waals surface area (Å²) in [7, 11) is 0. The lowest BCUT2D eigenvalue weighted by Crippen LogP contribution is -2.48. The van der Waals surface area contributed by atoms with Gasteiger partial charge in [-0.15, -0.1) is 11.3 Å². The molecule has 1 fully saturated rings. The average molecular weight is 291 g/mol. The van der Waals surface area contributed by atoms with Gasteiger partial charge in [-0.05, 0) is 22.0 Å². The van der Waals surface area contributed by atoms with E-state index < -0.39 is 0 Å². The molecule has 0 radical (unpaired) electrons. The number of halogens is 1. The maximum absolute atomic E-state index is 11.7. The lowest BCUT2D eigenvalue weighted by atomic mass is 10.3. The molecule has 1 aromatic rings. The molecule has 0 spiro atoms. The van der Waals surface area contributed by atoms with Crippen LogP contribution in [0.2, 0.25) is 0 Å². The molecule has 0 unspecified atom stereocenters. The SMILES string of the molecule is O=C(NN1CCOCC1)c1csc(Br)c1. The van der Waals surface area contributed by atoms with Crippen LogP contribution in [-0.4, -0.2) is 37.2 Å². The minimum absolute atomic E-state index is 0.0566. The standard InChI is InChI=1S/C9H11BrN2O2S/c10-8-5-7(6-15-8)9(13)11-12-1-3-14-4-2-12/h5-6H,1-4H2,(H,11,13). The maximum Gasteiger partial charge on any atom is 0.266 e. The average Bonchev–Trinajstić information content (AvgIpc) is 2.66. The predicted molar refractivity (Wildman–Crippen MR) is 61.9 cm³/mol. The van der Waals surface area contributed by atoms with Crippen LogP contribution >= 0.6 is 27.3 Å². The zero-order valence-electron chi connectivity index (χ0n) is 8.03. The van der Waals surface area contributed by atoms with E-state index in [0.717, 1.165) is 16.9 Å². The van der Waals surface area contributed by atoms with E-state index >= 15 is 0 Å². The van der Waals surface area contributed by atoms with Crippen LogP contribution in [0, 0.1) is 0 Å². The number of morpholine rings is 1. The minimum Gasteiger partial charge on any atom is -0.379 e. The Labute approximate surface area is 100 Å². The monoisotopic (exact) mass is 290 g/mol. The van der Waals surface area contributed by atoms with E-state index in [2.05, 4.69) is 21.4 Å². The third kappa shape index (κ3) is 3.01. The Morgan fingerprint density at radius 2 is 2.27 bits per heavy atom. The Bertz CT molecular complexity index is 350. The molecule has 82 valence electrons. The van der Waals surface area contributed by atoms with Gasteiger partial charge in [-0.3, -0.25) is 10.2 Å². The summed E-state index contributed by atoms with van der Waals surface area (Å²) in [6, 6.07) is 1.82. The Kier molecular flexibility index (Phi) is 3.74. The quantitative estimate of drug-likeness (QED) is 0.897. The molecule has 1 N–H and O–H groups in total. The zero-order valence-corrected chi connectivity index (χ0v) is 10.4. The summed E-state index contributed by atoms with van der Waals surface area (Å²) in [4.78, 5) is 11.7. The first-order valence-corrected chi connectivity index (χ1v) is 6.31. The van der Waals surface area contributed by atoms with E-state index in [4.69, 9.17) is 4.74 Å². The third-order valence-corrected chi connectivity index (χ3v) is 3.60. The number of nitrogens with zero attached hydrogens (tertiary/aromatic N) is 1. The highest BCUT2D eigenvalue weighted by Crippen LogP contribution is 2.20. The number of carbonyl (C=O) groups excluding carboxylic acids is 1. The van der Waals surface area contributed by atoms with E-state index in [-0.39, 0.29) is 5.91 Å². The molecule has 4 nitrogen and oxygen atoms in total.